The molecule has 0 saturated heterocycles. The average molecular weight is 428 g/mol. The van der Waals surface area contributed by atoms with Crippen LogP contribution in [0.1, 0.15) is 23.6 Å². The Bertz CT molecular complexity index is 1090. The van der Waals surface area contributed by atoms with Crippen LogP contribution in [0.15, 0.2) is 84.2 Å². The van der Waals surface area contributed by atoms with Crippen LogP contribution >= 0.6 is 11.3 Å². The van der Waals surface area contributed by atoms with Gasteiger partial charge in [0, 0.05) is 29.7 Å². The molecule has 1 N–H and O–H groups in total. The first-order chi connectivity index (χ1) is 15.2. The van der Waals surface area contributed by atoms with Gasteiger partial charge in [-0.1, -0.05) is 79.2 Å². The number of thiazole rings is 1. The highest BCUT2D eigenvalue weighted by Gasteiger charge is 2.07. The van der Waals surface area contributed by atoms with Crippen molar-refractivity contribution < 1.29 is 0 Å². The van der Waals surface area contributed by atoms with Crippen LogP contribution < -0.4 is 5.32 Å². The normalized spacial score (nSPS) is 11.1. The third-order valence-electron chi connectivity index (χ3n) is 5.43. The third-order valence-corrected chi connectivity index (χ3v) is 6.19. The lowest BCUT2D eigenvalue weighted by atomic mass is 10.1. The molecule has 1 heterocycles. The van der Waals surface area contributed by atoms with E-state index in [2.05, 4.69) is 90.1 Å². The monoisotopic (exact) mass is 427 g/mol. The van der Waals surface area contributed by atoms with Gasteiger partial charge < -0.3 is 5.32 Å². The number of benzene rings is 3. The molecule has 0 saturated carbocycles. The molecule has 31 heavy (non-hydrogen) atoms. The number of anilines is 2. The van der Waals surface area contributed by atoms with Crippen molar-refractivity contribution in [1.82, 2.24) is 9.88 Å². The van der Waals surface area contributed by atoms with Crippen LogP contribution in [-0.4, -0.2) is 23.0 Å². The summed E-state index contributed by atoms with van der Waals surface area (Å²) < 4.78 is 0. The quantitative estimate of drug-likeness (QED) is 0.314. The topological polar surface area (TPSA) is 28.2 Å². The van der Waals surface area contributed by atoms with Crippen molar-refractivity contribution in [2.45, 2.75) is 26.8 Å². The second kappa shape index (κ2) is 10.4. The van der Waals surface area contributed by atoms with E-state index in [4.69, 9.17) is 4.98 Å². The molecular weight excluding hydrogens is 398 g/mol. The van der Waals surface area contributed by atoms with Crippen LogP contribution in [0.4, 0.5) is 10.8 Å². The van der Waals surface area contributed by atoms with Crippen LogP contribution in [0.25, 0.3) is 11.3 Å². The second-order valence-electron chi connectivity index (χ2n) is 7.83. The minimum atomic E-state index is 0.918. The summed E-state index contributed by atoms with van der Waals surface area (Å²) in [6.07, 6.45) is 1.05. The Morgan fingerprint density at radius 3 is 2.45 bits per heavy atom. The lowest BCUT2D eigenvalue weighted by Crippen LogP contribution is -2.25. The SMILES string of the molecule is CCN(CCc1ccc(Nc2nc(-c3ccccc3)cs2)cc1)Cc1cccc(C)c1. The number of hydrogen-bond donors (Lipinski definition) is 1. The molecule has 0 aliphatic carbocycles. The van der Waals surface area contributed by atoms with Crippen molar-refractivity contribution in [3.8, 4) is 11.3 Å². The van der Waals surface area contributed by atoms with E-state index in [0.717, 1.165) is 48.1 Å². The fourth-order valence-electron chi connectivity index (χ4n) is 3.66. The molecule has 0 bridgehead atoms. The zero-order valence-corrected chi connectivity index (χ0v) is 19.0. The zero-order valence-electron chi connectivity index (χ0n) is 18.2. The van der Waals surface area contributed by atoms with Crippen LogP contribution in [-0.2, 0) is 13.0 Å². The Morgan fingerprint density at radius 1 is 0.903 bits per heavy atom. The first-order valence-corrected chi connectivity index (χ1v) is 11.7. The maximum absolute atomic E-state index is 4.72. The van der Waals surface area contributed by atoms with Gasteiger partial charge in [-0.05, 0) is 43.1 Å². The molecule has 0 atom stereocenters. The van der Waals surface area contributed by atoms with E-state index in [1.54, 1.807) is 11.3 Å². The number of aromatic nitrogens is 1. The molecule has 4 rings (SSSR count). The lowest BCUT2D eigenvalue weighted by Gasteiger charge is -2.20. The van der Waals surface area contributed by atoms with E-state index in [-0.39, 0.29) is 0 Å². The van der Waals surface area contributed by atoms with E-state index < -0.39 is 0 Å². The van der Waals surface area contributed by atoms with Crippen molar-refractivity contribution in [1.29, 1.82) is 0 Å². The first kappa shape index (κ1) is 21.3. The highest BCUT2D eigenvalue weighted by atomic mass is 32.1. The van der Waals surface area contributed by atoms with Gasteiger partial charge in [0.15, 0.2) is 5.13 Å². The van der Waals surface area contributed by atoms with E-state index in [9.17, 15) is 0 Å². The molecule has 3 aromatic carbocycles. The molecule has 158 valence electrons. The summed E-state index contributed by atoms with van der Waals surface area (Å²) in [6.45, 7) is 7.52. The summed E-state index contributed by atoms with van der Waals surface area (Å²) >= 11 is 1.63. The largest absolute Gasteiger partial charge is 0.332 e. The van der Waals surface area contributed by atoms with Crippen molar-refractivity contribution in [3.63, 3.8) is 0 Å². The summed E-state index contributed by atoms with van der Waals surface area (Å²) in [5.41, 5.74) is 7.31. The minimum absolute atomic E-state index is 0.918. The first-order valence-electron chi connectivity index (χ1n) is 10.8. The van der Waals surface area contributed by atoms with E-state index in [0.29, 0.717) is 0 Å². The summed E-state index contributed by atoms with van der Waals surface area (Å²) in [4.78, 5) is 7.22. The maximum atomic E-state index is 4.72. The number of hydrogen-bond acceptors (Lipinski definition) is 4. The average Bonchev–Trinajstić information content (AvgIpc) is 3.27. The van der Waals surface area contributed by atoms with Crippen molar-refractivity contribution in [2.75, 3.05) is 18.4 Å². The number of nitrogens with one attached hydrogen (secondary N) is 1. The van der Waals surface area contributed by atoms with E-state index >= 15 is 0 Å². The molecule has 0 spiro atoms. The molecule has 4 heteroatoms. The zero-order chi connectivity index (χ0) is 21.5. The standard InChI is InChI=1S/C27H29N3S/c1-3-30(19-23-9-7-8-21(2)18-23)17-16-22-12-14-25(15-13-22)28-27-29-26(20-31-27)24-10-5-4-6-11-24/h4-15,18,20H,3,16-17,19H2,1-2H3,(H,28,29). The summed E-state index contributed by atoms with van der Waals surface area (Å²) in [6, 6.07) is 27.8. The van der Waals surface area contributed by atoms with Gasteiger partial charge in [-0.25, -0.2) is 4.98 Å². The third kappa shape index (κ3) is 6.03. The second-order valence-corrected chi connectivity index (χ2v) is 8.69. The van der Waals surface area contributed by atoms with E-state index in [1.807, 2.05) is 18.2 Å². The maximum Gasteiger partial charge on any atom is 0.187 e. The Labute approximate surface area is 189 Å². The number of rotatable bonds is 9. The van der Waals surface area contributed by atoms with Crippen molar-refractivity contribution in [3.05, 3.63) is 101 Å². The molecule has 0 unspecified atom stereocenters. The highest BCUT2D eigenvalue weighted by Crippen LogP contribution is 2.27. The Balaban J connectivity index is 1.31. The predicted octanol–water partition coefficient (Wildman–Crippen LogP) is 6.93. The molecule has 3 nitrogen and oxygen atoms in total. The molecule has 0 amide bonds. The predicted molar refractivity (Wildman–Crippen MR) is 133 cm³/mol. The fourth-order valence-corrected chi connectivity index (χ4v) is 4.40. The molecular formula is C27H29N3S. The van der Waals surface area contributed by atoms with Crippen molar-refractivity contribution >= 4 is 22.2 Å². The smallest absolute Gasteiger partial charge is 0.187 e. The highest BCUT2D eigenvalue weighted by molar-refractivity contribution is 7.14. The Hall–Kier alpha value is -2.95. The van der Waals surface area contributed by atoms with Gasteiger partial charge >= 0.3 is 0 Å². The summed E-state index contributed by atoms with van der Waals surface area (Å²) in [5, 5.41) is 6.45. The summed E-state index contributed by atoms with van der Waals surface area (Å²) in [7, 11) is 0. The molecule has 0 fully saturated rings. The number of aryl methyl sites for hydroxylation is 1. The molecule has 0 aliphatic rings. The van der Waals surface area contributed by atoms with Gasteiger partial charge in [-0.2, -0.15) is 0 Å². The lowest BCUT2D eigenvalue weighted by molar-refractivity contribution is 0.283. The number of nitrogens with zero attached hydrogens (tertiary/aromatic N) is 2. The van der Waals surface area contributed by atoms with Crippen LogP contribution in [0.3, 0.4) is 0 Å². The van der Waals surface area contributed by atoms with Gasteiger partial charge in [0.25, 0.3) is 0 Å². The van der Waals surface area contributed by atoms with Gasteiger partial charge in [0.05, 0.1) is 5.69 Å². The van der Waals surface area contributed by atoms with Crippen LogP contribution in [0.2, 0.25) is 0 Å². The molecule has 4 aromatic rings. The van der Waals surface area contributed by atoms with E-state index in [1.165, 1.54) is 16.7 Å². The van der Waals surface area contributed by atoms with Crippen LogP contribution in [0, 0.1) is 6.92 Å². The fraction of sp³-hybridized carbons (Fsp3) is 0.222. The Morgan fingerprint density at radius 2 is 1.71 bits per heavy atom. The summed E-state index contributed by atoms with van der Waals surface area (Å²) in [5.74, 6) is 0. The number of likely N-dealkylation sites (N-methyl/N-ethyl adjacent to an activating group) is 1. The molecule has 1 aromatic heterocycles. The van der Waals surface area contributed by atoms with Crippen LogP contribution in [0.5, 0.6) is 0 Å². The van der Waals surface area contributed by atoms with Gasteiger partial charge in [0.1, 0.15) is 0 Å². The van der Waals surface area contributed by atoms with Crippen molar-refractivity contribution in [2.24, 2.45) is 0 Å². The van der Waals surface area contributed by atoms with Gasteiger partial charge in [-0.15, -0.1) is 11.3 Å². The van der Waals surface area contributed by atoms with Gasteiger partial charge in [-0.3, -0.25) is 4.90 Å². The Kier molecular flexibility index (Phi) is 7.13. The molecule has 0 aliphatic heterocycles. The van der Waals surface area contributed by atoms with Gasteiger partial charge in [0.2, 0.25) is 0 Å². The minimum Gasteiger partial charge on any atom is -0.332 e. The molecule has 0 radical (unpaired) electrons.